The number of hydrogen-bond donors (Lipinski definition) is 0. The quantitative estimate of drug-likeness (QED) is 0.118. The summed E-state index contributed by atoms with van der Waals surface area (Å²) in [5.74, 6) is 0. The molecule has 0 fully saturated rings. The summed E-state index contributed by atoms with van der Waals surface area (Å²) in [5, 5.41) is 7.61. The summed E-state index contributed by atoms with van der Waals surface area (Å²) in [6, 6.07) is 76.7. The van der Waals surface area contributed by atoms with Gasteiger partial charge in [-0.05, 0) is 80.4 Å². The zero-order valence-electron chi connectivity index (χ0n) is 28.1. The Morgan fingerprint density at radius 1 is 0.314 bits per heavy atom. The smallest absolute Gasteiger partial charge is 0.179 e. The van der Waals surface area contributed by atoms with Gasteiger partial charge in [0.15, 0.2) is 8.07 Å². The fraction of sp³-hybridized carbons (Fsp3) is 0. The minimum atomic E-state index is -2.72. The van der Waals surface area contributed by atoms with Crippen LogP contribution in [0.5, 0.6) is 0 Å². The summed E-state index contributed by atoms with van der Waals surface area (Å²) in [4.78, 5) is 2.35. The fourth-order valence-electron chi connectivity index (χ4n) is 7.68. The standard InChI is InChI=1S/C48H35NOSi/c1-6-17-36(18-7-1)37-29-31-45-46-32-30-40(35-48(46)50-47(45)33-37)49(38-19-8-2-9-20-38)39-21-16-28-44(34-39)51(41-22-10-3-11-23-41,42-24-12-4-13-25-42)43-26-14-5-15-27-43/h1-35H. The lowest BCUT2D eigenvalue weighted by molar-refractivity contribution is 0.669. The molecule has 8 aromatic carbocycles. The van der Waals surface area contributed by atoms with E-state index in [0.717, 1.165) is 44.6 Å². The summed E-state index contributed by atoms with van der Waals surface area (Å²) in [6.07, 6.45) is 0. The molecular formula is C48H35NOSi. The predicted octanol–water partition coefficient (Wildman–Crippen LogP) is 10.1. The first-order valence-corrected chi connectivity index (χ1v) is 19.4. The Morgan fingerprint density at radius 3 is 1.35 bits per heavy atom. The van der Waals surface area contributed by atoms with Crippen LogP contribution in [0.3, 0.4) is 0 Å². The molecule has 1 aromatic heterocycles. The van der Waals surface area contributed by atoms with Crippen LogP contribution >= 0.6 is 0 Å². The molecule has 0 aliphatic rings. The molecular weight excluding hydrogens is 635 g/mol. The van der Waals surface area contributed by atoms with Crippen molar-refractivity contribution in [2.75, 3.05) is 4.90 Å². The Balaban J connectivity index is 1.24. The zero-order valence-corrected chi connectivity index (χ0v) is 29.1. The topological polar surface area (TPSA) is 16.4 Å². The number of nitrogens with zero attached hydrogens (tertiary/aromatic N) is 1. The van der Waals surface area contributed by atoms with Crippen LogP contribution in [0.25, 0.3) is 33.1 Å². The molecule has 0 atom stereocenters. The van der Waals surface area contributed by atoms with Gasteiger partial charge in [0.2, 0.25) is 0 Å². The lowest BCUT2D eigenvalue weighted by Crippen LogP contribution is -2.74. The molecule has 0 aliphatic carbocycles. The third-order valence-electron chi connectivity index (χ3n) is 9.99. The van der Waals surface area contributed by atoms with Gasteiger partial charge in [0, 0.05) is 33.9 Å². The molecule has 0 unspecified atom stereocenters. The van der Waals surface area contributed by atoms with Crippen molar-refractivity contribution >= 4 is 67.8 Å². The van der Waals surface area contributed by atoms with Crippen LogP contribution in [-0.2, 0) is 0 Å². The largest absolute Gasteiger partial charge is 0.456 e. The van der Waals surface area contributed by atoms with Crippen LogP contribution in [0.15, 0.2) is 217 Å². The van der Waals surface area contributed by atoms with E-state index in [0.29, 0.717) is 0 Å². The molecule has 9 rings (SSSR count). The van der Waals surface area contributed by atoms with Crippen molar-refractivity contribution in [1.29, 1.82) is 0 Å². The summed E-state index contributed by atoms with van der Waals surface area (Å²) in [6.45, 7) is 0. The second kappa shape index (κ2) is 13.1. The number of hydrogen-bond acceptors (Lipinski definition) is 2. The molecule has 0 amide bonds. The highest BCUT2D eigenvalue weighted by molar-refractivity contribution is 7.19. The van der Waals surface area contributed by atoms with E-state index in [-0.39, 0.29) is 0 Å². The molecule has 0 saturated heterocycles. The fourth-order valence-corrected chi connectivity index (χ4v) is 12.5. The van der Waals surface area contributed by atoms with Crippen LogP contribution in [0.4, 0.5) is 17.1 Å². The van der Waals surface area contributed by atoms with Crippen LogP contribution in [0.2, 0.25) is 0 Å². The van der Waals surface area contributed by atoms with E-state index in [9.17, 15) is 0 Å². The van der Waals surface area contributed by atoms with E-state index in [1.54, 1.807) is 0 Å². The number of furan rings is 1. The predicted molar refractivity (Wildman–Crippen MR) is 217 cm³/mol. The SMILES string of the molecule is c1ccc(-c2ccc3c(c2)oc2cc(N(c4ccccc4)c4cccc([Si](c5ccccc5)(c5ccccc5)c5ccccc5)c4)ccc23)cc1. The van der Waals surface area contributed by atoms with E-state index in [4.69, 9.17) is 4.42 Å². The Labute approximate surface area is 299 Å². The molecule has 0 aliphatic heterocycles. The van der Waals surface area contributed by atoms with Gasteiger partial charge < -0.3 is 9.32 Å². The van der Waals surface area contributed by atoms with Crippen molar-refractivity contribution in [3.8, 4) is 11.1 Å². The van der Waals surface area contributed by atoms with Crippen LogP contribution in [-0.4, -0.2) is 8.07 Å². The highest BCUT2D eigenvalue weighted by atomic mass is 28.3. The average molecular weight is 670 g/mol. The first kappa shape index (κ1) is 30.6. The monoisotopic (exact) mass is 669 g/mol. The highest BCUT2D eigenvalue weighted by Gasteiger charge is 2.41. The summed E-state index contributed by atoms with van der Waals surface area (Å²) >= 11 is 0. The Morgan fingerprint density at radius 2 is 0.765 bits per heavy atom. The average Bonchev–Trinajstić information content (AvgIpc) is 3.58. The summed E-state index contributed by atoms with van der Waals surface area (Å²) in [5.41, 5.74) is 7.31. The van der Waals surface area contributed by atoms with Gasteiger partial charge in [-0.15, -0.1) is 0 Å². The van der Waals surface area contributed by atoms with E-state index < -0.39 is 8.07 Å². The van der Waals surface area contributed by atoms with Gasteiger partial charge in [-0.25, -0.2) is 0 Å². The molecule has 0 saturated carbocycles. The van der Waals surface area contributed by atoms with Gasteiger partial charge in [0.25, 0.3) is 0 Å². The summed E-state index contributed by atoms with van der Waals surface area (Å²) < 4.78 is 6.61. The van der Waals surface area contributed by atoms with E-state index >= 15 is 0 Å². The van der Waals surface area contributed by atoms with Crippen molar-refractivity contribution in [3.05, 3.63) is 212 Å². The molecule has 0 bridgehead atoms. The van der Waals surface area contributed by atoms with Gasteiger partial charge in [-0.1, -0.05) is 158 Å². The maximum atomic E-state index is 6.61. The first-order chi connectivity index (χ1) is 25.3. The number of para-hydroxylation sites is 1. The van der Waals surface area contributed by atoms with E-state index in [1.165, 1.54) is 26.3 Å². The van der Waals surface area contributed by atoms with Gasteiger partial charge >= 0.3 is 0 Å². The lowest BCUT2D eigenvalue weighted by atomic mass is 10.0. The minimum absolute atomic E-state index is 0.867. The third-order valence-corrected chi connectivity index (χ3v) is 14.8. The second-order valence-corrected chi connectivity index (χ2v) is 16.7. The number of anilines is 3. The first-order valence-electron chi connectivity index (χ1n) is 17.4. The number of benzene rings is 8. The zero-order chi connectivity index (χ0) is 34.0. The van der Waals surface area contributed by atoms with Gasteiger partial charge in [-0.3, -0.25) is 0 Å². The van der Waals surface area contributed by atoms with E-state index in [2.05, 4.69) is 211 Å². The molecule has 51 heavy (non-hydrogen) atoms. The Hall–Kier alpha value is -6.42. The Kier molecular flexibility index (Phi) is 7.88. The van der Waals surface area contributed by atoms with Crippen molar-refractivity contribution < 1.29 is 4.42 Å². The van der Waals surface area contributed by atoms with Crippen molar-refractivity contribution in [2.45, 2.75) is 0 Å². The van der Waals surface area contributed by atoms with Crippen molar-refractivity contribution in [3.63, 3.8) is 0 Å². The van der Waals surface area contributed by atoms with Gasteiger partial charge in [0.1, 0.15) is 11.2 Å². The number of rotatable bonds is 8. The Bertz CT molecular complexity index is 2470. The van der Waals surface area contributed by atoms with E-state index in [1.807, 2.05) is 6.07 Å². The third kappa shape index (κ3) is 5.45. The molecule has 242 valence electrons. The molecule has 1 heterocycles. The maximum absolute atomic E-state index is 6.61. The van der Waals surface area contributed by atoms with Gasteiger partial charge in [0.05, 0.1) is 0 Å². The maximum Gasteiger partial charge on any atom is 0.179 e. The molecule has 0 N–H and O–H groups in total. The van der Waals surface area contributed by atoms with Crippen LogP contribution in [0, 0.1) is 0 Å². The molecule has 3 heteroatoms. The normalized spacial score (nSPS) is 11.5. The second-order valence-electron chi connectivity index (χ2n) is 12.9. The molecule has 0 radical (unpaired) electrons. The minimum Gasteiger partial charge on any atom is -0.456 e. The molecule has 2 nitrogen and oxygen atoms in total. The summed E-state index contributed by atoms with van der Waals surface area (Å²) in [7, 11) is -2.72. The van der Waals surface area contributed by atoms with Crippen molar-refractivity contribution in [1.82, 2.24) is 0 Å². The highest BCUT2D eigenvalue weighted by Crippen LogP contribution is 2.39. The molecule has 0 spiro atoms. The number of fused-ring (bicyclic) bond motifs is 3. The lowest BCUT2D eigenvalue weighted by Gasteiger charge is -2.35. The van der Waals surface area contributed by atoms with Crippen LogP contribution in [0.1, 0.15) is 0 Å². The van der Waals surface area contributed by atoms with Crippen molar-refractivity contribution in [2.24, 2.45) is 0 Å². The van der Waals surface area contributed by atoms with Gasteiger partial charge in [-0.2, -0.15) is 0 Å². The molecule has 9 aromatic rings. The van der Waals surface area contributed by atoms with Crippen LogP contribution < -0.4 is 25.6 Å².